The van der Waals surface area contributed by atoms with Crippen LogP contribution in [-0.2, 0) is 6.54 Å². The maximum absolute atomic E-state index is 13.8. The molecule has 2 heterocycles. The molecule has 0 amide bonds. The van der Waals surface area contributed by atoms with Crippen molar-refractivity contribution < 1.29 is 4.39 Å². The molecule has 1 aliphatic heterocycles. The van der Waals surface area contributed by atoms with Gasteiger partial charge in [-0.1, -0.05) is 17.7 Å². The van der Waals surface area contributed by atoms with Crippen LogP contribution in [0.5, 0.6) is 0 Å². The van der Waals surface area contributed by atoms with Gasteiger partial charge in [0.15, 0.2) is 0 Å². The van der Waals surface area contributed by atoms with Gasteiger partial charge in [-0.2, -0.15) is 0 Å². The second-order valence-corrected chi connectivity index (χ2v) is 6.99. The van der Waals surface area contributed by atoms with Crippen LogP contribution in [0.4, 0.5) is 4.39 Å². The van der Waals surface area contributed by atoms with Gasteiger partial charge in [0.25, 0.3) is 0 Å². The molecule has 0 radical (unpaired) electrons. The molecule has 3 nitrogen and oxygen atoms in total. The molecule has 1 aromatic carbocycles. The normalized spacial score (nSPS) is 21.3. The van der Waals surface area contributed by atoms with Crippen molar-refractivity contribution in [1.82, 2.24) is 15.2 Å². The highest BCUT2D eigenvalue weighted by Crippen LogP contribution is 2.36. The van der Waals surface area contributed by atoms with Crippen LogP contribution in [0, 0.1) is 18.7 Å². The quantitative estimate of drug-likeness (QED) is 0.887. The van der Waals surface area contributed by atoms with E-state index in [4.69, 9.17) is 11.6 Å². The number of nitrogens with one attached hydrogen (secondary N) is 1. The molecule has 5 heteroatoms. The zero-order valence-electron chi connectivity index (χ0n) is 14.1. The first-order valence-corrected chi connectivity index (χ1v) is 8.69. The summed E-state index contributed by atoms with van der Waals surface area (Å²) in [6, 6.07) is 7.42. The van der Waals surface area contributed by atoms with Gasteiger partial charge in [0, 0.05) is 31.5 Å². The lowest BCUT2D eigenvalue weighted by Crippen LogP contribution is -2.28. The molecule has 2 atom stereocenters. The number of nitrogens with zero attached hydrogens (tertiary/aromatic N) is 2. The fourth-order valence-electron chi connectivity index (χ4n) is 3.54. The molecule has 0 saturated carbocycles. The number of pyridine rings is 1. The lowest BCUT2D eigenvalue weighted by atomic mass is 9.93. The Bertz CT molecular complexity index is 707. The Morgan fingerprint density at radius 2 is 2.21 bits per heavy atom. The maximum Gasteiger partial charge on any atom is 0.142 e. The van der Waals surface area contributed by atoms with Crippen LogP contribution < -0.4 is 5.32 Å². The fraction of sp³-hybridized carbons (Fsp3) is 0.421. The summed E-state index contributed by atoms with van der Waals surface area (Å²) in [5.41, 5.74) is 3.47. The van der Waals surface area contributed by atoms with Gasteiger partial charge in [0.2, 0.25) is 0 Å². The summed E-state index contributed by atoms with van der Waals surface area (Å²) in [4.78, 5) is 6.48. The molecule has 0 bridgehead atoms. The Balaban J connectivity index is 1.66. The van der Waals surface area contributed by atoms with E-state index in [0.29, 0.717) is 5.92 Å². The van der Waals surface area contributed by atoms with E-state index in [9.17, 15) is 4.39 Å². The van der Waals surface area contributed by atoms with Crippen molar-refractivity contribution in [1.29, 1.82) is 0 Å². The third-order valence-corrected chi connectivity index (χ3v) is 5.24. The van der Waals surface area contributed by atoms with Crippen LogP contribution in [0.3, 0.4) is 0 Å². The smallest absolute Gasteiger partial charge is 0.142 e. The van der Waals surface area contributed by atoms with Gasteiger partial charge < -0.3 is 5.32 Å². The summed E-state index contributed by atoms with van der Waals surface area (Å²) >= 11 is 5.82. The largest absolute Gasteiger partial charge is 0.312 e. The average molecular weight is 348 g/mol. The van der Waals surface area contributed by atoms with Crippen LogP contribution in [0.25, 0.3) is 0 Å². The van der Waals surface area contributed by atoms with E-state index in [-0.39, 0.29) is 16.9 Å². The Morgan fingerprint density at radius 1 is 1.38 bits per heavy atom. The zero-order valence-corrected chi connectivity index (χ0v) is 14.9. The summed E-state index contributed by atoms with van der Waals surface area (Å²) in [6.45, 7) is 4.82. The maximum atomic E-state index is 13.8. The van der Waals surface area contributed by atoms with Gasteiger partial charge in [0.05, 0.1) is 5.02 Å². The van der Waals surface area contributed by atoms with E-state index < -0.39 is 0 Å². The minimum atomic E-state index is -0.341. The summed E-state index contributed by atoms with van der Waals surface area (Å²) < 4.78 is 13.8. The Kier molecular flexibility index (Phi) is 5.49. The third kappa shape index (κ3) is 3.77. The molecule has 0 spiro atoms. The van der Waals surface area contributed by atoms with Crippen LogP contribution >= 0.6 is 11.6 Å². The molecule has 1 aliphatic rings. The molecule has 1 saturated heterocycles. The number of halogens is 2. The zero-order chi connectivity index (χ0) is 17.1. The second kappa shape index (κ2) is 7.60. The van der Waals surface area contributed by atoms with Gasteiger partial charge >= 0.3 is 0 Å². The van der Waals surface area contributed by atoms with E-state index in [1.54, 1.807) is 12.1 Å². The van der Waals surface area contributed by atoms with Crippen molar-refractivity contribution in [2.45, 2.75) is 25.9 Å². The van der Waals surface area contributed by atoms with E-state index in [1.165, 1.54) is 11.1 Å². The van der Waals surface area contributed by atoms with Crippen molar-refractivity contribution in [2.24, 2.45) is 5.92 Å². The first-order chi connectivity index (χ1) is 11.6. The Hall–Kier alpha value is -1.49. The molecule has 2 aromatic rings. The minimum Gasteiger partial charge on any atom is -0.312 e. The number of likely N-dealkylation sites (tertiary alicyclic amines) is 1. The van der Waals surface area contributed by atoms with Gasteiger partial charge in [-0.3, -0.25) is 9.88 Å². The topological polar surface area (TPSA) is 28.2 Å². The Labute approximate surface area is 147 Å². The predicted octanol–water partition coefficient (Wildman–Crippen LogP) is 3.97. The molecular weight excluding hydrogens is 325 g/mol. The van der Waals surface area contributed by atoms with E-state index in [1.807, 2.05) is 24.5 Å². The average Bonchev–Trinajstić information content (AvgIpc) is 2.93. The van der Waals surface area contributed by atoms with Crippen molar-refractivity contribution in [2.75, 3.05) is 20.1 Å². The molecule has 3 rings (SSSR count). The molecule has 1 fully saturated rings. The van der Waals surface area contributed by atoms with Crippen molar-refractivity contribution >= 4 is 11.6 Å². The third-order valence-electron chi connectivity index (χ3n) is 4.93. The number of benzene rings is 1. The van der Waals surface area contributed by atoms with Crippen LogP contribution in [0.2, 0.25) is 5.02 Å². The number of aromatic nitrogens is 1. The number of aryl methyl sites for hydroxylation is 1. The first kappa shape index (κ1) is 17.3. The molecule has 0 unspecified atom stereocenters. The van der Waals surface area contributed by atoms with E-state index in [2.05, 4.69) is 29.2 Å². The highest BCUT2D eigenvalue weighted by Gasteiger charge is 2.32. The predicted molar refractivity (Wildman–Crippen MR) is 95.6 cm³/mol. The highest BCUT2D eigenvalue weighted by molar-refractivity contribution is 6.30. The minimum absolute atomic E-state index is 0.182. The molecule has 24 heavy (non-hydrogen) atoms. The summed E-state index contributed by atoms with van der Waals surface area (Å²) in [5.74, 6) is 0.111. The van der Waals surface area contributed by atoms with Crippen molar-refractivity contribution in [3.05, 3.63) is 64.2 Å². The lowest BCUT2D eigenvalue weighted by Gasteiger charge is -2.26. The Morgan fingerprint density at radius 3 is 2.96 bits per heavy atom. The number of rotatable bonds is 5. The molecule has 0 aliphatic carbocycles. The van der Waals surface area contributed by atoms with Crippen LogP contribution in [0.1, 0.15) is 29.2 Å². The van der Waals surface area contributed by atoms with Crippen molar-refractivity contribution in [3.8, 4) is 0 Å². The summed E-state index contributed by atoms with van der Waals surface area (Å²) in [6.07, 6.45) is 4.83. The standard InChI is InChI=1S/C19H23ClFN3/c1-13-5-7-22-11-16(13)12-23-10-15-6-8-24(2)19(15)14-3-4-17(20)18(21)9-14/h3-5,7,9,11,15,19,23H,6,8,10,12H2,1-2H3/t15-,19-/m0/s1. The van der Waals surface area contributed by atoms with Gasteiger partial charge in [-0.25, -0.2) is 4.39 Å². The molecule has 1 N–H and O–H groups in total. The van der Waals surface area contributed by atoms with Gasteiger partial charge in [-0.05, 0) is 67.7 Å². The van der Waals surface area contributed by atoms with Crippen LogP contribution in [0.15, 0.2) is 36.7 Å². The van der Waals surface area contributed by atoms with Crippen molar-refractivity contribution in [3.63, 3.8) is 0 Å². The van der Waals surface area contributed by atoms with E-state index in [0.717, 1.165) is 31.6 Å². The number of hydrogen-bond acceptors (Lipinski definition) is 3. The summed E-state index contributed by atoms with van der Waals surface area (Å²) in [5, 5.41) is 3.73. The molecular formula is C19H23ClFN3. The van der Waals surface area contributed by atoms with E-state index >= 15 is 0 Å². The fourth-order valence-corrected chi connectivity index (χ4v) is 3.65. The molecule has 1 aromatic heterocycles. The SMILES string of the molecule is Cc1ccncc1CNC[C@@H]1CCN(C)[C@H]1c1ccc(Cl)c(F)c1. The monoisotopic (exact) mass is 347 g/mol. The molecule has 128 valence electrons. The second-order valence-electron chi connectivity index (χ2n) is 6.58. The highest BCUT2D eigenvalue weighted by atomic mass is 35.5. The van der Waals surface area contributed by atoms with Crippen LogP contribution in [-0.4, -0.2) is 30.0 Å². The first-order valence-electron chi connectivity index (χ1n) is 8.31. The lowest BCUT2D eigenvalue weighted by molar-refractivity contribution is 0.271. The van der Waals surface area contributed by atoms with Gasteiger partial charge in [0.1, 0.15) is 5.82 Å². The number of hydrogen-bond donors (Lipinski definition) is 1. The van der Waals surface area contributed by atoms with Gasteiger partial charge in [-0.15, -0.1) is 0 Å². The summed E-state index contributed by atoms with van der Waals surface area (Å²) in [7, 11) is 2.10.